The standard InChI is InChI=1S/C21H21ClN6O2S/c22-16-6-8-18(9-7-16)28-21(24-25-26-28)31-14-19(29)27-12-10-15(11-13-27)20(30)23-17-4-2-1-3-5-17/h1-9,15H,10-14H2,(H,23,30). The highest BCUT2D eigenvalue weighted by molar-refractivity contribution is 7.99. The molecule has 0 atom stereocenters. The van der Waals surface area contributed by atoms with Crippen LogP contribution in [0.15, 0.2) is 59.8 Å². The molecule has 0 spiro atoms. The summed E-state index contributed by atoms with van der Waals surface area (Å²) in [6.07, 6.45) is 1.30. The Morgan fingerprint density at radius 1 is 1.06 bits per heavy atom. The summed E-state index contributed by atoms with van der Waals surface area (Å²) in [6.45, 7) is 1.13. The molecule has 31 heavy (non-hydrogen) atoms. The topological polar surface area (TPSA) is 93.0 Å². The zero-order chi connectivity index (χ0) is 21.6. The Bertz CT molecular complexity index is 1040. The smallest absolute Gasteiger partial charge is 0.233 e. The van der Waals surface area contributed by atoms with Crippen LogP contribution in [0.25, 0.3) is 5.69 Å². The van der Waals surface area contributed by atoms with Gasteiger partial charge in [-0.1, -0.05) is 41.6 Å². The van der Waals surface area contributed by atoms with Crippen molar-refractivity contribution in [1.29, 1.82) is 0 Å². The van der Waals surface area contributed by atoms with E-state index in [-0.39, 0.29) is 23.5 Å². The molecule has 3 aromatic rings. The number of hydrogen-bond acceptors (Lipinski definition) is 6. The highest BCUT2D eigenvalue weighted by Crippen LogP contribution is 2.23. The van der Waals surface area contributed by atoms with Gasteiger partial charge in [0.25, 0.3) is 0 Å². The lowest BCUT2D eigenvalue weighted by atomic mass is 9.96. The molecular weight excluding hydrogens is 436 g/mol. The molecule has 0 saturated carbocycles. The number of nitrogens with zero attached hydrogens (tertiary/aromatic N) is 5. The predicted octanol–water partition coefficient (Wildman–Crippen LogP) is 3.29. The number of thioether (sulfide) groups is 1. The number of anilines is 1. The molecule has 8 nitrogen and oxygen atoms in total. The van der Waals surface area contributed by atoms with E-state index in [4.69, 9.17) is 11.6 Å². The molecule has 1 aliphatic rings. The number of likely N-dealkylation sites (tertiary alicyclic amines) is 1. The third-order valence-electron chi connectivity index (χ3n) is 5.10. The van der Waals surface area contributed by atoms with Gasteiger partial charge in [0.05, 0.1) is 11.4 Å². The number of carbonyl (C=O) groups is 2. The Balaban J connectivity index is 1.27. The number of benzene rings is 2. The Hall–Kier alpha value is -2.91. The number of para-hydroxylation sites is 1. The Morgan fingerprint density at radius 2 is 1.77 bits per heavy atom. The third kappa shape index (κ3) is 5.42. The molecule has 2 heterocycles. The minimum Gasteiger partial charge on any atom is -0.342 e. The van der Waals surface area contributed by atoms with Crippen molar-refractivity contribution in [3.05, 3.63) is 59.6 Å². The number of hydrogen-bond donors (Lipinski definition) is 1. The Labute approximate surface area is 189 Å². The summed E-state index contributed by atoms with van der Waals surface area (Å²) in [5.74, 6) is 0.163. The summed E-state index contributed by atoms with van der Waals surface area (Å²) in [7, 11) is 0. The number of tetrazole rings is 1. The molecule has 1 saturated heterocycles. The van der Waals surface area contributed by atoms with Crippen LogP contribution in [0.4, 0.5) is 5.69 Å². The van der Waals surface area contributed by atoms with Crippen LogP contribution in [0.5, 0.6) is 0 Å². The summed E-state index contributed by atoms with van der Waals surface area (Å²) in [5.41, 5.74) is 1.57. The second-order valence-corrected chi connectivity index (χ2v) is 8.53. The normalized spacial score (nSPS) is 14.4. The predicted molar refractivity (Wildman–Crippen MR) is 119 cm³/mol. The Kier molecular flexibility index (Phi) is 6.83. The first-order chi connectivity index (χ1) is 15.1. The SMILES string of the molecule is O=C(Nc1ccccc1)C1CCN(C(=O)CSc2nnnn2-c2ccc(Cl)cc2)CC1. The van der Waals surface area contributed by atoms with Crippen LogP contribution in [0.1, 0.15) is 12.8 Å². The summed E-state index contributed by atoms with van der Waals surface area (Å²) >= 11 is 7.22. The van der Waals surface area contributed by atoms with Crippen molar-refractivity contribution in [2.45, 2.75) is 18.0 Å². The van der Waals surface area contributed by atoms with Crippen molar-refractivity contribution in [2.75, 3.05) is 24.2 Å². The highest BCUT2D eigenvalue weighted by Gasteiger charge is 2.27. The Morgan fingerprint density at radius 3 is 2.48 bits per heavy atom. The monoisotopic (exact) mass is 456 g/mol. The van der Waals surface area contributed by atoms with Crippen LogP contribution in [0, 0.1) is 5.92 Å². The van der Waals surface area contributed by atoms with E-state index in [1.54, 1.807) is 21.7 Å². The summed E-state index contributed by atoms with van der Waals surface area (Å²) in [6, 6.07) is 16.6. The number of halogens is 1. The maximum atomic E-state index is 12.7. The second kappa shape index (κ2) is 9.93. The van der Waals surface area contributed by atoms with Crippen molar-refractivity contribution in [2.24, 2.45) is 5.92 Å². The molecule has 1 aromatic heterocycles. The zero-order valence-electron chi connectivity index (χ0n) is 16.6. The van der Waals surface area contributed by atoms with Crippen LogP contribution in [0.3, 0.4) is 0 Å². The first-order valence-electron chi connectivity index (χ1n) is 9.91. The molecule has 0 radical (unpaired) electrons. The van der Waals surface area contributed by atoms with E-state index in [1.807, 2.05) is 42.5 Å². The van der Waals surface area contributed by atoms with Gasteiger partial charge in [0.1, 0.15) is 0 Å². The van der Waals surface area contributed by atoms with E-state index in [2.05, 4.69) is 20.8 Å². The first kappa shape index (κ1) is 21.3. The summed E-state index contributed by atoms with van der Waals surface area (Å²) < 4.78 is 1.58. The molecule has 0 bridgehead atoms. The lowest BCUT2D eigenvalue weighted by molar-refractivity contribution is -0.132. The van der Waals surface area contributed by atoms with Crippen LogP contribution in [0.2, 0.25) is 5.02 Å². The fourth-order valence-electron chi connectivity index (χ4n) is 3.39. The van der Waals surface area contributed by atoms with Gasteiger partial charge >= 0.3 is 0 Å². The van der Waals surface area contributed by atoms with Crippen molar-refractivity contribution in [3.8, 4) is 5.69 Å². The fraction of sp³-hybridized carbons (Fsp3) is 0.286. The van der Waals surface area contributed by atoms with Crippen LogP contribution >= 0.6 is 23.4 Å². The van der Waals surface area contributed by atoms with Gasteiger partial charge in [0.2, 0.25) is 17.0 Å². The average molecular weight is 457 g/mol. The number of piperidine rings is 1. The van der Waals surface area contributed by atoms with Crippen molar-refractivity contribution in [3.63, 3.8) is 0 Å². The van der Waals surface area contributed by atoms with Gasteiger partial charge < -0.3 is 10.2 Å². The molecular formula is C21H21ClN6O2S. The number of aromatic nitrogens is 4. The van der Waals surface area contributed by atoms with Crippen molar-refractivity contribution in [1.82, 2.24) is 25.1 Å². The van der Waals surface area contributed by atoms with Gasteiger partial charge in [-0.05, 0) is 59.7 Å². The maximum absolute atomic E-state index is 12.7. The second-order valence-electron chi connectivity index (χ2n) is 7.15. The molecule has 160 valence electrons. The molecule has 1 aliphatic heterocycles. The van der Waals surface area contributed by atoms with Gasteiger partial charge in [-0.15, -0.1) is 5.10 Å². The van der Waals surface area contributed by atoms with E-state index in [0.29, 0.717) is 36.1 Å². The van der Waals surface area contributed by atoms with Gasteiger partial charge in [-0.3, -0.25) is 9.59 Å². The minimum absolute atomic E-state index is 0.00909. The van der Waals surface area contributed by atoms with E-state index in [0.717, 1.165) is 11.4 Å². The quantitative estimate of drug-likeness (QED) is 0.572. The molecule has 10 heteroatoms. The number of amides is 2. The molecule has 0 unspecified atom stereocenters. The van der Waals surface area contributed by atoms with Gasteiger partial charge in [-0.2, -0.15) is 4.68 Å². The summed E-state index contributed by atoms with van der Waals surface area (Å²) in [5, 5.41) is 15.8. The minimum atomic E-state index is -0.0888. The molecule has 2 amide bonds. The third-order valence-corrected chi connectivity index (χ3v) is 6.25. The molecule has 1 fully saturated rings. The van der Waals surface area contributed by atoms with Gasteiger partial charge in [-0.25, -0.2) is 0 Å². The lowest BCUT2D eigenvalue weighted by Crippen LogP contribution is -2.42. The first-order valence-corrected chi connectivity index (χ1v) is 11.3. The van der Waals surface area contributed by atoms with Crippen LogP contribution < -0.4 is 5.32 Å². The number of carbonyl (C=O) groups excluding carboxylic acids is 2. The molecule has 4 rings (SSSR count). The van der Waals surface area contributed by atoms with E-state index in [1.165, 1.54) is 11.8 Å². The van der Waals surface area contributed by atoms with E-state index in [9.17, 15) is 9.59 Å². The van der Waals surface area contributed by atoms with Crippen molar-refractivity contribution >= 4 is 40.9 Å². The van der Waals surface area contributed by atoms with Gasteiger partial charge in [0, 0.05) is 29.7 Å². The highest BCUT2D eigenvalue weighted by atomic mass is 35.5. The largest absolute Gasteiger partial charge is 0.342 e. The molecule has 1 N–H and O–H groups in total. The zero-order valence-corrected chi connectivity index (χ0v) is 18.2. The number of rotatable bonds is 6. The van der Waals surface area contributed by atoms with Crippen molar-refractivity contribution < 1.29 is 9.59 Å². The number of nitrogens with one attached hydrogen (secondary N) is 1. The summed E-state index contributed by atoms with van der Waals surface area (Å²) in [4.78, 5) is 26.9. The van der Waals surface area contributed by atoms with Gasteiger partial charge in [0.15, 0.2) is 0 Å². The maximum Gasteiger partial charge on any atom is 0.233 e. The van der Waals surface area contributed by atoms with E-state index < -0.39 is 0 Å². The molecule has 2 aromatic carbocycles. The average Bonchev–Trinajstić information content (AvgIpc) is 3.27. The lowest BCUT2D eigenvalue weighted by Gasteiger charge is -2.31. The van der Waals surface area contributed by atoms with E-state index >= 15 is 0 Å². The fourth-order valence-corrected chi connectivity index (χ4v) is 4.31. The van der Waals surface area contributed by atoms with Crippen LogP contribution in [-0.4, -0.2) is 55.8 Å². The molecule has 0 aliphatic carbocycles. The van der Waals surface area contributed by atoms with Crippen LogP contribution in [-0.2, 0) is 9.59 Å².